The lowest BCUT2D eigenvalue weighted by atomic mass is 9.87. The first-order valence-corrected chi connectivity index (χ1v) is 8.56. The standard InChI is InChI=1S/C17H28N2O2S/c1-12(2)22-15-9-7-6-8-14(15)19-16(21)18-11-17(4,5)10-13(3)20/h6-9,12-13,20H,10-11H2,1-5H3,(H2,18,19,21). The maximum Gasteiger partial charge on any atom is 0.319 e. The van der Waals surface area contributed by atoms with Crippen LogP contribution in [0.25, 0.3) is 0 Å². The summed E-state index contributed by atoms with van der Waals surface area (Å²) < 4.78 is 0. The Morgan fingerprint density at radius 1 is 1.27 bits per heavy atom. The van der Waals surface area contributed by atoms with Crippen molar-refractivity contribution in [2.75, 3.05) is 11.9 Å². The lowest BCUT2D eigenvalue weighted by molar-refractivity contribution is 0.129. The highest BCUT2D eigenvalue weighted by atomic mass is 32.2. The molecule has 1 aromatic rings. The van der Waals surface area contributed by atoms with Crippen molar-refractivity contribution in [3.8, 4) is 0 Å². The summed E-state index contributed by atoms with van der Waals surface area (Å²) in [6.45, 7) is 10.6. The van der Waals surface area contributed by atoms with E-state index in [0.717, 1.165) is 10.6 Å². The predicted octanol–water partition coefficient (Wildman–Crippen LogP) is 4.11. The van der Waals surface area contributed by atoms with Gasteiger partial charge in [0.1, 0.15) is 0 Å². The van der Waals surface area contributed by atoms with Gasteiger partial charge in [-0.3, -0.25) is 0 Å². The third-order valence-corrected chi connectivity index (χ3v) is 4.15. The van der Waals surface area contributed by atoms with Crippen LogP contribution in [-0.4, -0.2) is 29.0 Å². The molecule has 4 nitrogen and oxygen atoms in total. The number of urea groups is 1. The summed E-state index contributed by atoms with van der Waals surface area (Å²) in [5.41, 5.74) is 0.685. The van der Waals surface area contributed by atoms with E-state index in [9.17, 15) is 9.90 Å². The van der Waals surface area contributed by atoms with E-state index in [1.165, 1.54) is 0 Å². The van der Waals surface area contributed by atoms with Gasteiger partial charge in [-0.15, -0.1) is 11.8 Å². The second kappa shape index (κ2) is 8.44. The quantitative estimate of drug-likeness (QED) is 0.662. The largest absolute Gasteiger partial charge is 0.393 e. The lowest BCUT2D eigenvalue weighted by Gasteiger charge is -2.26. The number of carbonyl (C=O) groups is 1. The summed E-state index contributed by atoms with van der Waals surface area (Å²) in [4.78, 5) is 13.2. The molecular formula is C17H28N2O2S. The number of aliphatic hydroxyl groups is 1. The number of thioether (sulfide) groups is 1. The number of nitrogens with one attached hydrogen (secondary N) is 2. The number of para-hydroxylation sites is 1. The molecule has 0 fully saturated rings. The number of benzene rings is 1. The monoisotopic (exact) mass is 324 g/mol. The van der Waals surface area contributed by atoms with Gasteiger partial charge in [-0.2, -0.15) is 0 Å². The average molecular weight is 324 g/mol. The van der Waals surface area contributed by atoms with E-state index in [0.29, 0.717) is 18.2 Å². The van der Waals surface area contributed by atoms with Crippen molar-refractivity contribution >= 4 is 23.5 Å². The normalized spacial score (nSPS) is 13.0. The summed E-state index contributed by atoms with van der Waals surface area (Å²) in [6.07, 6.45) is 0.274. The van der Waals surface area contributed by atoms with Gasteiger partial charge in [0.2, 0.25) is 0 Å². The zero-order valence-electron chi connectivity index (χ0n) is 14.1. The third-order valence-electron chi connectivity index (χ3n) is 3.07. The van der Waals surface area contributed by atoms with Crippen LogP contribution in [0.1, 0.15) is 41.0 Å². The van der Waals surface area contributed by atoms with Gasteiger partial charge in [0.15, 0.2) is 0 Å². The molecule has 0 aromatic heterocycles. The maximum absolute atomic E-state index is 12.1. The van der Waals surface area contributed by atoms with Gasteiger partial charge in [0.05, 0.1) is 11.8 Å². The molecule has 0 aliphatic heterocycles. The molecule has 0 saturated carbocycles. The molecular weight excluding hydrogens is 296 g/mol. The molecule has 2 amide bonds. The summed E-state index contributed by atoms with van der Waals surface area (Å²) in [7, 11) is 0. The molecule has 0 spiro atoms. The minimum absolute atomic E-state index is 0.141. The fourth-order valence-electron chi connectivity index (χ4n) is 2.28. The van der Waals surface area contributed by atoms with Gasteiger partial charge >= 0.3 is 6.03 Å². The number of carbonyl (C=O) groups excluding carboxylic acids is 1. The third kappa shape index (κ3) is 7.18. The van der Waals surface area contributed by atoms with Crippen LogP contribution in [0.3, 0.4) is 0 Å². The van der Waals surface area contributed by atoms with E-state index in [4.69, 9.17) is 0 Å². The van der Waals surface area contributed by atoms with Crippen LogP contribution in [0, 0.1) is 5.41 Å². The molecule has 3 N–H and O–H groups in total. The average Bonchev–Trinajstić information content (AvgIpc) is 2.37. The number of hydrogen-bond acceptors (Lipinski definition) is 3. The summed E-state index contributed by atoms with van der Waals surface area (Å²) in [6, 6.07) is 7.59. The van der Waals surface area contributed by atoms with Gasteiger partial charge in [-0.05, 0) is 30.9 Å². The van der Waals surface area contributed by atoms with Crippen LogP contribution in [0.4, 0.5) is 10.5 Å². The van der Waals surface area contributed by atoms with Crippen molar-refractivity contribution in [3.05, 3.63) is 24.3 Å². The molecule has 22 heavy (non-hydrogen) atoms. The number of amides is 2. The predicted molar refractivity (Wildman–Crippen MR) is 94.5 cm³/mol. The molecule has 0 aliphatic carbocycles. The summed E-state index contributed by atoms with van der Waals surface area (Å²) in [5.74, 6) is 0. The summed E-state index contributed by atoms with van der Waals surface area (Å²) >= 11 is 1.72. The van der Waals surface area contributed by atoms with Crippen LogP contribution in [0.15, 0.2) is 29.2 Å². The van der Waals surface area contributed by atoms with Crippen molar-refractivity contribution < 1.29 is 9.90 Å². The van der Waals surface area contributed by atoms with E-state index in [-0.39, 0.29) is 17.6 Å². The maximum atomic E-state index is 12.1. The Hall–Kier alpha value is -1.20. The molecule has 0 radical (unpaired) electrons. The Balaban J connectivity index is 2.59. The Morgan fingerprint density at radius 3 is 2.50 bits per heavy atom. The highest BCUT2D eigenvalue weighted by molar-refractivity contribution is 8.00. The first-order valence-electron chi connectivity index (χ1n) is 7.68. The van der Waals surface area contributed by atoms with Crippen molar-refractivity contribution in [2.24, 2.45) is 5.41 Å². The zero-order valence-corrected chi connectivity index (χ0v) is 15.0. The van der Waals surface area contributed by atoms with Crippen molar-refractivity contribution in [2.45, 2.75) is 57.3 Å². The Morgan fingerprint density at radius 2 is 1.91 bits per heavy atom. The smallest absolute Gasteiger partial charge is 0.319 e. The van der Waals surface area contributed by atoms with E-state index in [1.807, 2.05) is 38.1 Å². The van der Waals surface area contributed by atoms with Gasteiger partial charge in [0.25, 0.3) is 0 Å². The van der Waals surface area contributed by atoms with Crippen LogP contribution in [0.2, 0.25) is 0 Å². The number of anilines is 1. The van der Waals surface area contributed by atoms with Crippen LogP contribution < -0.4 is 10.6 Å². The molecule has 1 unspecified atom stereocenters. The highest BCUT2D eigenvalue weighted by Crippen LogP contribution is 2.30. The Labute approximate surface area is 138 Å². The molecule has 1 aromatic carbocycles. The Kier molecular flexibility index (Phi) is 7.23. The van der Waals surface area contributed by atoms with Crippen molar-refractivity contribution in [3.63, 3.8) is 0 Å². The molecule has 1 rings (SSSR count). The van der Waals surface area contributed by atoms with Crippen molar-refractivity contribution in [1.29, 1.82) is 0 Å². The lowest BCUT2D eigenvalue weighted by Crippen LogP contribution is -2.38. The zero-order chi connectivity index (χ0) is 16.8. The first-order chi connectivity index (χ1) is 10.2. The number of hydrogen-bond donors (Lipinski definition) is 3. The molecule has 124 valence electrons. The van der Waals surface area contributed by atoms with E-state index >= 15 is 0 Å². The molecule has 0 heterocycles. The second-order valence-electron chi connectivity index (χ2n) is 6.69. The van der Waals surface area contributed by atoms with E-state index in [1.54, 1.807) is 18.7 Å². The minimum Gasteiger partial charge on any atom is -0.393 e. The van der Waals surface area contributed by atoms with Gasteiger partial charge in [-0.25, -0.2) is 4.79 Å². The van der Waals surface area contributed by atoms with E-state index < -0.39 is 0 Å². The molecule has 0 aliphatic rings. The minimum atomic E-state index is -0.372. The highest BCUT2D eigenvalue weighted by Gasteiger charge is 2.21. The van der Waals surface area contributed by atoms with Crippen molar-refractivity contribution in [1.82, 2.24) is 5.32 Å². The van der Waals surface area contributed by atoms with E-state index in [2.05, 4.69) is 24.5 Å². The fraction of sp³-hybridized carbons (Fsp3) is 0.588. The second-order valence-corrected chi connectivity index (χ2v) is 8.31. The number of rotatable bonds is 7. The van der Waals surface area contributed by atoms with Gasteiger partial charge in [-0.1, -0.05) is 39.8 Å². The van der Waals surface area contributed by atoms with Crippen LogP contribution >= 0.6 is 11.8 Å². The molecule has 0 saturated heterocycles. The van der Waals surface area contributed by atoms with Crippen LogP contribution in [0.5, 0.6) is 0 Å². The SMILES string of the molecule is CC(O)CC(C)(C)CNC(=O)Nc1ccccc1SC(C)C. The summed E-state index contributed by atoms with van der Waals surface area (Å²) in [5, 5.41) is 15.7. The van der Waals surface area contributed by atoms with Crippen LogP contribution in [-0.2, 0) is 0 Å². The number of aliphatic hydroxyl groups excluding tert-OH is 1. The first kappa shape index (κ1) is 18.8. The molecule has 1 atom stereocenters. The van der Waals surface area contributed by atoms with Gasteiger partial charge in [0, 0.05) is 16.7 Å². The molecule has 0 bridgehead atoms. The van der Waals surface area contributed by atoms with Gasteiger partial charge < -0.3 is 15.7 Å². The molecule has 5 heteroatoms. The topological polar surface area (TPSA) is 61.4 Å². The Bertz CT molecular complexity index is 487. The fourth-order valence-corrected chi connectivity index (χ4v) is 3.20.